The van der Waals surface area contributed by atoms with E-state index in [0.717, 1.165) is 80.6 Å². The smallest absolute Gasteiger partial charge is 0.125 e. The molecular weight excluding hydrogens is 1410 g/mol. The number of aryl methyl sites for hydroxylation is 8. The summed E-state index contributed by atoms with van der Waals surface area (Å²) in [5.41, 5.74) is 31.3. The number of imidazole rings is 1. The van der Waals surface area contributed by atoms with Crippen molar-refractivity contribution < 1.29 is 18.9 Å². The maximum atomic E-state index is 5.79. The highest BCUT2D eigenvalue weighted by molar-refractivity contribution is 5.87. The fourth-order valence-corrected chi connectivity index (χ4v) is 16.8. The summed E-state index contributed by atoms with van der Waals surface area (Å²) in [4.78, 5) is 7.55. The van der Waals surface area contributed by atoms with Crippen LogP contribution >= 0.6 is 0 Å². The normalized spacial score (nSPS) is 14.0. The van der Waals surface area contributed by atoms with Crippen LogP contribution in [0, 0.1) is 34.6 Å². The van der Waals surface area contributed by atoms with E-state index in [-0.39, 0.29) is 43.3 Å². The molecule has 8 heterocycles. The summed E-state index contributed by atoms with van der Waals surface area (Å²) in [6.07, 6.45) is 15.8. The number of hydrogen-bond donors (Lipinski definition) is 1. The first-order chi connectivity index (χ1) is 53.5. The molecule has 0 radical (unpaired) electrons. The number of hydrogen-bond acceptors (Lipinski definition) is 7. The third-order valence-electron chi connectivity index (χ3n) is 22.6. The fourth-order valence-electron chi connectivity index (χ4n) is 16.8. The second kappa shape index (κ2) is 35.8. The van der Waals surface area contributed by atoms with Crippen molar-refractivity contribution in [1.29, 1.82) is 0 Å². The van der Waals surface area contributed by atoms with Gasteiger partial charge < -0.3 is 28.5 Å². The maximum absolute atomic E-state index is 5.79. The molecule has 16 rings (SSSR count). The molecule has 0 aliphatic carbocycles. The number of nitrogens with one attached hydrogen (secondary N) is 1. The topological polar surface area (TPSA) is 106 Å². The Morgan fingerprint density at radius 2 is 0.809 bits per heavy atom. The lowest BCUT2D eigenvalue weighted by Crippen LogP contribution is -2.20. The molecule has 4 aliphatic heterocycles. The van der Waals surface area contributed by atoms with E-state index in [1.54, 1.807) is 0 Å². The van der Waals surface area contributed by atoms with Gasteiger partial charge in [-0.2, -0.15) is 10.2 Å². The summed E-state index contributed by atoms with van der Waals surface area (Å²) in [7, 11) is 6.01. The molecule has 0 spiro atoms. The second-order valence-corrected chi connectivity index (χ2v) is 40.7. The van der Waals surface area contributed by atoms with Crippen molar-refractivity contribution in [3.63, 3.8) is 0 Å². The van der Waals surface area contributed by atoms with Gasteiger partial charge in [0.15, 0.2) is 0 Å². The van der Waals surface area contributed by atoms with E-state index in [1.807, 2.05) is 60.0 Å². The Kier molecular flexibility index (Phi) is 28.0. The Labute approximate surface area is 693 Å². The van der Waals surface area contributed by atoms with E-state index in [9.17, 15) is 0 Å². The molecule has 11 nitrogen and oxygen atoms in total. The summed E-state index contributed by atoms with van der Waals surface area (Å²) in [6, 6.07) is 43.6. The Morgan fingerprint density at radius 3 is 1.38 bits per heavy atom. The number of aromatic amines is 1. The van der Waals surface area contributed by atoms with E-state index >= 15 is 0 Å². The van der Waals surface area contributed by atoms with Crippen molar-refractivity contribution in [2.24, 2.45) is 21.1 Å². The average Bonchev–Trinajstić information content (AvgIpc) is 1.77. The number of nitrogens with zero attached hydrogens (tertiary/aromatic N) is 6. The summed E-state index contributed by atoms with van der Waals surface area (Å²) >= 11 is 0. The molecule has 11 heteroatoms. The van der Waals surface area contributed by atoms with Crippen molar-refractivity contribution in [3.8, 4) is 23.0 Å². The third-order valence-corrected chi connectivity index (χ3v) is 22.6. The SMILES string of the molecule is CC(C)(C)c1ccc2[nH]ccc2c1.CC(C)(C)c1cccc2c1CCCO2.Cc1ccc(C(C)(C)C)c2c1OCC2.Cc1ccc(C(C)(C)C)c2c1OCCC2.Cc1ccc(C(C)(C)C)c2cnn(C)c12.Cc1ccc2c(c1C(C)(C)C)CCCO2.Cc1ccc2c(cnn2C)c1C(C)(C)C.Cn1cnc2cc(C(C)(C)C)ccc21. The first-order valence-corrected chi connectivity index (χ1v) is 42.3. The van der Waals surface area contributed by atoms with Crippen molar-refractivity contribution in [2.75, 3.05) is 26.4 Å². The summed E-state index contributed by atoms with van der Waals surface area (Å²) < 4.78 is 28.8. The molecule has 4 aromatic heterocycles. The van der Waals surface area contributed by atoms with Crippen LogP contribution in [0.4, 0.5) is 0 Å². The van der Waals surface area contributed by atoms with Crippen LogP contribution in [0.15, 0.2) is 146 Å². The Bertz CT molecular complexity index is 5300. The highest BCUT2D eigenvalue weighted by atomic mass is 16.5. The second-order valence-electron chi connectivity index (χ2n) is 40.7. The van der Waals surface area contributed by atoms with Crippen LogP contribution in [0.1, 0.15) is 280 Å². The van der Waals surface area contributed by atoms with E-state index in [2.05, 4.69) is 342 Å². The molecule has 0 atom stereocenters. The minimum Gasteiger partial charge on any atom is -0.493 e. The van der Waals surface area contributed by atoms with Gasteiger partial charge in [0.1, 0.15) is 23.0 Å². The molecule has 0 fully saturated rings. The number of rotatable bonds is 0. The minimum absolute atomic E-state index is 0.173. The van der Waals surface area contributed by atoms with Gasteiger partial charge in [0.05, 0.1) is 67.2 Å². The van der Waals surface area contributed by atoms with Gasteiger partial charge in [0.25, 0.3) is 0 Å². The zero-order valence-corrected chi connectivity index (χ0v) is 77.0. The molecule has 0 saturated heterocycles. The van der Waals surface area contributed by atoms with Gasteiger partial charge in [-0.3, -0.25) is 9.36 Å². The first-order valence-electron chi connectivity index (χ1n) is 42.3. The van der Waals surface area contributed by atoms with E-state index in [1.165, 1.54) is 152 Å². The zero-order valence-electron chi connectivity index (χ0n) is 77.0. The minimum atomic E-state index is 0.173. The van der Waals surface area contributed by atoms with Crippen molar-refractivity contribution in [1.82, 2.24) is 34.1 Å². The average molecular weight is 1560 g/mol. The standard InChI is InChI=1S/2C14H20O.2C13H18N2.2C13H18O.C12H16N2.C12H15N/c1-10-7-8-12-11(6-5-9-15-12)13(10)14(2,3)4;1-10-7-8-12(14(2,3)4)11-6-5-9-15-13(10)11;1-9-6-7-11-10(8-14-15(11)5)12(9)13(2,3)4;1-9-6-7-11(13(2,3)4)10-8-14-15(5)12(9)10;1-9-5-6-11(13(2,3)4)10-7-8-14-12(9)10;1-13(2,3)11-7-4-8-12-10(11)6-5-9-14-12;1-12(2,3)9-5-6-11-10(7-9)13-8-14(11)4;1-12(2,3)10-4-5-11-9(8-10)6-7-13-11/h2*7-8H,5-6,9H2,1-4H3;2*6-8H,1-5H3;5-6H,7-8H2,1-4H3;4,7-8H,5-6,9H2,1-3H3;5-8H,1-4H3;4-8,13H,1-3H3. The molecule has 618 valence electrons. The van der Waals surface area contributed by atoms with Gasteiger partial charge in [0.2, 0.25) is 0 Å². The third kappa shape index (κ3) is 22.2. The number of ether oxygens (including phenoxy) is 4. The summed E-state index contributed by atoms with van der Waals surface area (Å²) in [6.45, 7) is 68.3. The van der Waals surface area contributed by atoms with Gasteiger partial charge in [-0.05, 0) is 259 Å². The molecule has 0 saturated carbocycles. The van der Waals surface area contributed by atoms with Gasteiger partial charge in [-0.25, -0.2) is 4.98 Å². The molecule has 0 unspecified atom stereocenters. The largest absolute Gasteiger partial charge is 0.493 e. The van der Waals surface area contributed by atoms with Gasteiger partial charge >= 0.3 is 0 Å². The van der Waals surface area contributed by atoms with Crippen LogP contribution in [-0.4, -0.2) is 60.5 Å². The quantitative estimate of drug-likeness (QED) is 0.161. The lowest BCUT2D eigenvalue weighted by Gasteiger charge is -2.29. The molecule has 0 amide bonds. The first kappa shape index (κ1) is 89.8. The maximum Gasteiger partial charge on any atom is 0.125 e. The molecule has 8 aromatic carbocycles. The van der Waals surface area contributed by atoms with E-state index < -0.39 is 0 Å². The number of benzene rings is 8. The van der Waals surface area contributed by atoms with Crippen LogP contribution in [0.3, 0.4) is 0 Å². The molecule has 12 aromatic rings. The van der Waals surface area contributed by atoms with Gasteiger partial charge in [-0.1, -0.05) is 239 Å². The molecule has 4 aliphatic rings. The monoisotopic (exact) mass is 1550 g/mol. The van der Waals surface area contributed by atoms with Gasteiger partial charge in [-0.15, -0.1) is 0 Å². The van der Waals surface area contributed by atoms with Crippen LogP contribution in [0.2, 0.25) is 0 Å². The van der Waals surface area contributed by atoms with Gasteiger partial charge in [0, 0.05) is 55.6 Å². The van der Waals surface area contributed by atoms with Crippen LogP contribution in [0.25, 0.3) is 43.7 Å². The van der Waals surface area contributed by atoms with E-state index in [4.69, 9.17) is 18.9 Å². The van der Waals surface area contributed by atoms with E-state index in [0.29, 0.717) is 0 Å². The van der Waals surface area contributed by atoms with Crippen molar-refractivity contribution in [2.45, 2.75) is 289 Å². The number of fused-ring (bicyclic) bond motifs is 8. The Morgan fingerprint density at radius 1 is 0.357 bits per heavy atom. The predicted octanol–water partition coefficient (Wildman–Crippen LogP) is 26.5. The fraction of sp³-hybridized carbons (Fsp3) is 0.490. The highest BCUT2D eigenvalue weighted by Crippen LogP contribution is 2.42. The molecule has 0 bridgehead atoms. The Balaban J connectivity index is 0.000000150. The summed E-state index contributed by atoms with van der Waals surface area (Å²) in [5, 5.41) is 12.5. The van der Waals surface area contributed by atoms with Crippen LogP contribution in [0.5, 0.6) is 23.0 Å². The molecule has 1 N–H and O–H groups in total. The molecular formula is C104H143N7O4. The zero-order chi connectivity index (χ0) is 84.9. The lowest BCUT2D eigenvalue weighted by atomic mass is 9.79. The summed E-state index contributed by atoms with van der Waals surface area (Å²) in [5.74, 6) is 4.49. The lowest BCUT2D eigenvalue weighted by molar-refractivity contribution is 0.284. The number of aromatic nitrogens is 7. The van der Waals surface area contributed by atoms with Crippen LogP contribution < -0.4 is 18.9 Å². The van der Waals surface area contributed by atoms with Crippen molar-refractivity contribution in [3.05, 3.63) is 241 Å². The number of H-pyrrole nitrogens is 1. The molecule has 115 heavy (non-hydrogen) atoms. The Hall–Kier alpha value is -9.09. The van der Waals surface area contributed by atoms with Crippen LogP contribution in [-0.2, 0) is 90.1 Å². The highest BCUT2D eigenvalue weighted by Gasteiger charge is 2.30. The van der Waals surface area contributed by atoms with Crippen molar-refractivity contribution >= 4 is 43.7 Å². The predicted molar refractivity (Wildman–Crippen MR) is 490 cm³/mol.